The molecule has 5 heteroatoms. The van der Waals surface area contributed by atoms with Gasteiger partial charge in [0.25, 0.3) is 0 Å². The lowest BCUT2D eigenvalue weighted by atomic mass is 10.2. The van der Waals surface area contributed by atoms with Gasteiger partial charge in [0.15, 0.2) is 0 Å². The van der Waals surface area contributed by atoms with Crippen LogP contribution in [0.3, 0.4) is 0 Å². The van der Waals surface area contributed by atoms with E-state index in [1.54, 1.807) is 12.1 Å². The molecule has 2 rings (SSSR count). The molecule has 2 aromatic rings. The molecule has 2 N–H and O–H groups in total. The van der Waals surface area contributed by atoms with Gasteiger partial charge in [-0.1, -0.05) is 12.1 Å². The normalized spacial score (nSPS) is 10.2. The quantitative estimate of drug-likeness (QED) is 0.841. The Morgan fingerprint density at radius 3 is 2.41 bits per heavy atom. The van der Waals surface area contributed by atoms with E-state index in [9.17, 15) is 0 Å². The third-order valence-corrected chi connectivity index (χ3v) is 2.48. The zero-order valence-electron chi connectivity index (χ0n) is 9.81. The highest BCUT2D eigenvalue weighted by atomic mass is 16.3. The number of rotatable bonds is 3. The number of aromatic nitrogens is 3. The van der Waals surface area contributed by atoms with Gasteiger partial charge in [0.2, 0.25) is 5.95 Å². The average Bonchev–Trinajstić information content (AvgIpc) is 2.33. The van der Waals surface area contributed by atoms with Crippen LogP contribution >= 0.6 is 0 Å². The number of aryl methyl sites for hydroxylation is 2. The fraction of sp³-hybridized carbons (Fsp3) is 0.250. The average molecular weight is 230 g/mol. The molecule has 0 atom stereocenters. The lowest BCUT2D eigenvalue weighted by molar-refractivity contribution is 0.475. The molecule has 1 aromatic heterocycles. The second kappa shape index (κ2) is 4.78. The monoisotopic (exact) mass is 230 g/mol. The van der Waals surface area contributed by atoms with Crippen molar-refractivity contribution in [1.29, 1.82) is 0 Å². The maximum Gasteiger partial charge on any atom is 0.243 e. The molecule has 0 amide bonds. The summed E-state index contributed by atoms with van der Waals surface area (Å²) in [6.07, 6.45) is 0. The molecule has 1 aromatic carbocycles. The van der Waals surface area contributed by atoms with Gasteiger partial charge in [0, 0.05) is 6.54 Å². The summed E-state index contributed by atoms with van der Waals surface area (Å²) in [5.41, 5.74) is 2.75. The van der Waals surface area contributed by atoms with Gasteiger partial charge in [-0.2, -0.15) is 5.10 Å². The predicted molar refractivity (Wildman–Crippen MR) is 64.7 cm³/mol. The van der Waals surface area contributed by atoms with E-state index < -0.39 is 0 Å². The summed E-state index contributed by atoms with van der Waals surface area (Å²) in [4.78, 5) is 4.27. The maximum absolute atomic E-state index is 9.15. The van der Waals surface area contributed by atoms with Crippen LogP contribution in [0.4, 0.5) is 5.95 Å². The minimum absolute atomic E-state index is 0.262. The van der Waals surface area contributed by atoms with E-state index >= 15 is 0 Å². The Bertz CT molecular complexity index is 510. The second-order valence-electron chi connectivity index (χ2n) is 3.83. The van der Waals surface area contributed by atoms with Crippen LogP contribution in [-0.2, 0) is 6.54 Å². The first-order valence-electron chi connectivity index (χ1n) is 5.35. The van der Waals surface area contributed by atoms with Gasteiger partial charge in [-0.15, -0.1) is 5.10 Å². The molecule has 17 heavy (non-hydrogen) atoms. The van der Waals surface area contributed by atoms with Crippen molar-refractivity contribution < 1.29 is 5.11 Å². The Morgan fingerprint density at radius 1 is 1.06 bits per heavy atom. The first-order chi connectivity index (χ1) is 8.15. The number of hydrogen-bond acceptors (Lipinski definition) is 5. The fourth-order valence-corrected chi connectivity index (χ4v) is 1.33. The molecule has 0 spiro atoms. The minimum Gasteiger partial charge on any atom is -0.508 e. The highest BCUT2D eigenvalue weighted by Gasteiger charge is 2.01. The van der Waals surface area contributed by atoms with Crippen LogP contribution in [0.5, 0.6) is 5.75 Å². The number of hydrogen-bond donors (Lipinski definition) is 2. The SMILES string of the molecule is Cc1nnc(NCc2ccc(O)cc2)nc1C. The summed E-state index contributed by atoms with van der Waals surface area (Å²) in [7, 11) is 0. The second-order valence-corrected chi connectivity index (χ2v) is 3.83. The molecule has 0 aliphatic rings. The Kier molecular flexibility index (Phi) is 3.18. The van der Waals surface area contributed by atoms with E-state index in [1.807, 2.05) is 26.0 Å². The number of nitrogens with zero attached hydrogens (tertiary/aromatic N) is 3. The van der Waals surface area contributed by atoms with Crippen LogP contribution in [0.15, 0.2) is 24.3 Å². The highest BCUT2D eigenvalue weighted by molar-refractivity contribution is 5.30. The number of aromatic hydroxyl groups is 1. The van der Waals surface area contributed by atoms with Gasteiger partial charge in [0.05, 0.1) is 11.4 Å². The molecular weight excluding hydrogens is 216 g/mol. The summed E-state index contributed by atoms with van der Waals surface area (Å²) in [5.74, 6) is 0.777. The highest BCUT2D eigenvalue weighted by Crippen LogP contribution is 2.10. The number of nitrogens with one attached hydrogen (secondary N) is 1. The van der Waals surface area contributed by atoms with Gasteiger partial charge in [-0.05, 0) is 31.5 Å². The smallest absolute Gasteiger partial charge is 0.243 e. The molecule has 0 aliphatic heterocycles. The van der Waals surface area contributed by atoms with Gasteiger partial charge >= 0.3 is 0 Å². The molecular formula is C12H14N4O. The Balaban J connectivity index is 2.02. The lowest BCUT2D eigenvalue weighted by Gasteiger charge is -2.05. The predicted octanol–water partition coefficient (Wildman–Crippen LogP) is 1.81. The molecule has 0 unspecified atom stereocenters. The van der Waals surface area contributed by atoms with Crippen LogP contribution in [-0.4, -0.2) is 20.3 Å². The van der Waals surface area contributed by atoms with Gasteiger partial charge < -0.3 is 10.4 Å². The van der Waals surface area contributed by atoms with E-state index in [2.05, 4.69) is 20.5 Å². The molecule has 0 saturated heterocycles. The van der Waals surface area contributed by atoms with Crippen molar-refractivity contribution >= 4 is 5.95 Å². The Labute approximate surface area is 99.6 Å². The molecule has 0 saturated carbocycles. The van der Waals surface area contributed by atoms with Crippen molar-refractivity contribution in [3.8, 4) is 5.75 Å². The first-order valence-corrected chi connectivity index (χ1v) is 5.35. The molecule has 0 fully saturated rings. The summed E-state index contributed by atoms with van der Waals surface area (Å²) in [5, 5.41) is 20.2. The molecule has 0 radical (unpaired) electrons. The molecule has 0 bridgehead atoms. The van der Waals surface area contributed by atoms with Crippen molar-refractivity contribution in [2.75, 3.05) is 5.32 Å². The fourth-order valence-electron chi connectivity index (χ4n) is 1.33. The van der Waals surface area contributed by atoms with Crippen LogP contribution in [0.1, 0.15) is 17.0 Å². The van der Waals surface area contributed by atoms with Crippen molar-refractivity contribution in [3.05, 3.63) is 41.2 Å². The number of benzene rings is 1. The summed E-state index contributed by atoms with van der Waals surface area (Å²) >= 11 is 0. The van der Waals surface area contributed by atoms with Crippen molar-refractivity contribution in [2.45, 2.75) is 20.4 Å². The van der Waals surface area contributed by atoms with Crippen LogP contribution in [0.2, 0.25) is 0 Å². The van der Waals surface area contributed by atoms with E-state index in [0.717, 1.165) is 17.0 Å². The third kappa shape index (κ3) is 2.90. The lowest BCUT2D eigenvalue weighted by Crippen LogP contribution is -2.06. The van der Waals surface area contributed by atoms with Crippen molar-refractivity contribution in [2.24, 2.45) is 0 Å². The zero-order chi connectivity index (χ0) is 12.3. The van der Waals surface area contributed by atoms with Gasteiger partial charge in [-0.3, -0.25) is 0 Å². The largest absolute Gasteiger partial charge is 0.508 e. The van der Waals surface area contributed by atoms with Crippen molar-refractivity contribution in [1.82, 2.24) is 15.2 Å². The topological polar surface area (TPSA) is 70.9 Å². The van der Waals surface area contributed by atoms with Crippen LogP contribution in [0.25, 0.3) is 0 Å². The molecule has 5 nitrogen and oxygen atoms in total. The third-order valence-electron chi connectivity index (χ3n) is 2.48. The van der Waals surface area contributed by atoms with E-state index in [1.165, 1.54) is 0 Å². The summed E-state index contributed by atoms with van der Waals surface area (Å²) < 4.78 is 0. The summed E-state index contributed by atoms with van der Waals surface area (Å²) in [6, 6.07) is 6.99. The molecule has 88 valence electrons. The number of anilines is 1. The Hall–Kier alpha value is -2.17. The first kappa shape index (κ1) is 11.3. The van der Waals surface area contributed by atoms with Crippen molar-refractivity contribution in [3.63, 3.8) is 0 Å². The van der Waals surface area contributed by atoms with E-state index in [-0.39, 0.29) is 5.75 Å². The standard InChI is InChI=1S/C12H14N4O/c1-8-9(2)15-16-12(14-8)13-7-10-3-5-11(17)6-4-10/h3-6,17H,7H2,1-2H3,(H,13,14,16). The summed E-state index contributed by atoms with van der Waals surface area (Å²) in [6.45, 7) is 4.37. The number of phenolic OH excluding ortho intramolecular Hbond substituents is 1. The molecule has 0 aliphatic carbocycles. The van der Waals surface area contributed by atoms with E-state index in [0.29, 0.717) is 12.5 Å². The van der Waals surface area contributed by atoms with Gasteiger partial charge in [-0.25, -0.2) is 4.98 Å². The number of phenols is 1. The maximum atomic E-state index is 9.15. The van der Waals surface area contributed by atoms with Gasteiger partial charge in [0.1, 0.15) is 5.75 Å². The Morgan fingerprint density at radius 2 is 1.76 bits per heavy atom. The zero-order valence-corrected chi connectivity index (χ0v) is 9.81. The van der Waals surface area contributed by atoms with Crippen LogP contribution in [0, 0.1) is 13.8 Å². The van der Waals surface area contributed by atoms with E-state index in [4.69, 9.17) is 5.11 Å². The van der Waals surface area contributed by atoms with Crippen LogP contribution < -0.4 is 5.32 Å². The molecule has 1 heterocycles. The minimum atomic E-state index is 0.262.